The number of nitro groups is 1. The lowest BCUT2D eigenvalue weighted by Crippen LogP contribution is -2.39. The van der Waals surface area contributed by atoms with Crippen LogP contribution in [0, 0.1) is 27.7 Å². The highest BCUT2D eigenvalue weighted by molar-refractivity contribution is 5.98. The van der Waals surface area contributed by atoms with Gasteiger partial charge in [0.2, 0.25) is 0 Å². The van der Waals surface area contributed by atoms with Crippen molar-refractivity contribution in [1.82, 2.24) is 4.90 Å². The Morgan fingerprint density at radius 2 is 1.76 bits per heavy atom. The van der Waals surface area contributed by atoms with Crippen LogP contribution in [0.25, 0.3) is 0 Å². The molecule has 0 saturated carbocycles. The summed E-state index contributed by atoms with van der Waals surface area (Å²) in [5, 5.41) is 11.0. The van der Waals surface area contributed by atoms with E-state index in [0.717, 1.165) is 0 Å². The van der Waals surface area contributed by atoms with Crippen LogP contribution in [0.15, 0.2) is 12.1 Å². The second kappa shape index (κ2) is 6.60. The summed E-state index contributed by atoms with van der Waals surface area (Å²) in [6, 6.07) is 0.815. The van der Waals surface area contributed by atoms with E-state index in [9.17, 15) is 23.7 Å². The van der Waals surface area contributed by atoms with Crippen molar-refractivity contribution in [3.8, 4) is 0 Å². The number of nitrogens with zero attached hydrogens (tertiary/aromatic N) is 2. The van der Waals surface area contributed by atoms with Crippen LogP contribution >= 0.6 is 0 Å². The lowest BCUT2D eigenvalue weighted by molar-refractivity contribution is -0.385. The molecule has 5 nitrogen and oxygen atoms in total. The van der Waals surface area contributed by atoms with Crippen molar-refractivity contribution < 1.29 is 18.5 Å². The average Bonchev–Trinajstić information content (AvgIpc) is 2.37. The zero-order valence-corrected chi connectivity index (χ0v) is 12.4. The summed E-state index contributed by atoms with van der Waals surface area (Å²) < 4.78 is 26.5. The molecule has 0 atom stereocenters. The summed E-state index contributed by atoms with van der Waals surface area (Å²) in [5.41, 5.74) is -1.17. The molecule has 1 amide bonds. The lowest BCUT2D eigenvalue weighted by atomic mass is 10.1. The molecule has 0 aliphatic carbocycles. The maximum absolute atomic E-state index is 13.3. The fraction of sp³-hybridized carbons (Fsp3) is 0.500. The van der Waals surface area contributed by atoms with Crippen LogP contribution in [-0.2, 0) is 0 Å². The molecule has 0 bridgehead atoms. The van der Waals surface area contributed by atoms with Gasteiger partial charge in [-0.2, -0.15) is 0 Å². The van der Waals surface area contributed by atoms with Gasteiger partial charge < -0.3 is 4.90 Å². The maximum Gasteiger partial charge on any atom is 0.285 e. The summed E-state index contributed by atoms with van der Waals surface area (Å²) in [6.45, 7) is 7.66. The van der Waals surface area contributed by atoms with Crippen molar-refractivity contribution in [2.24, 2.45) is 5.92 Å². The van der Waals surface area contributed by atoms with E-state index in [1.807, 2.05) is 13.8 Å². The minimum absolute atomic E-state index is 0.140. The normalized spacial score (nSPS) is 11.0. The van der Waals surface area contributed by atoms with Crippen LogP contribution in [-0.4, -0.2) is 28.3 Å². The number of carbonyl (C=O) groups is 1. The summed E-state index contributed by atoms with van der Waals surface area (Å²) >= 11 is 0. The predicted molar refractivity (Wildman–Crippen MR) is 74.0 cm³/mol. The van der Waals surface area contributed by atoms with Gasteiger partial charge in [0.05, 0.1) is 11.0 Å². The predicted octanol–water partition coefficient (Wildman–Crippen LogP) is 3.38. The van der Waals surface area contributed by atoms with Gasteiger partial charge in [-0.15, -0.1) is 0 Å². The number of hydrogen-bond donors (Lipinski definition) is 0. The third kappa shape index (κ3) is 3.96. The quantitative estimate of drug-likeness (QED) is 0.618. The van der Waals surface area contributed by atoms with Gasteiger partial charge in [0.25, 0.3) is 11.6 Å². The van der Waals surface area contributed by atoms with Crippen LogP contribution in [0.3, 0.4) is 0 Å². The molecule has 1 aromatic carbocycles. The van der Waals surface area contributed by atoms with Gasteiger partial charge in [0, 0.05) is 12.6 Å². The topological polar surface area (TPSA) is 63.5 Å². The smallest absolute Gasteiger partial charge is 0.285 e. The minimum atomic E-state index is -1.35. The fourth-order valence-electron chi connectivity index (χ4n) is 1.94. The van der Waals surface area contributed by atoms with E-state index < -0.39 is 33.7 Å². The van der Waals surface area contributed by atoms with Gasteiger partial charge in [-0.3, -0.25) is 14.9 Å². The molecule has 0 unspecified atom stereocenters. The van der Waals surface area contributed by atoms with E-state index in [4.69, 9.17) is 0 Å². The molecule has 7 heteroatoms. The van der Waals surface area contributed by atoms with Crippen molar-refractivity contribution >= 4 is 11.6 Å². The Kier molecular flexibility index (Phi) is 5.34. The lowest BCUT2D eigenvalue weighted by Gasteiger charge is -2.28. The summed E-state index contributed by atoms with van der Waals surface area (Å²) in [6.07, 6.45) is 0. The molecule has 0 fully saturated rings. The molecule has 0 aliphatic heterocycles. The average molecular weight is 300 g/mol. The van der Waals surface area contributed by atoms with Crippen molar-refractivity contribution in [2.75, 3.05) is 6.54 Å². The number of amides is 1. The molecular formula is C14H18F2N2O3. The molecule has 0 heterocycles. The number of rotatable bonds is 5. The van der Waals surface area contributed by atoms with E-state index in [1.165, 1.54) is 4.90 Å². The van der Waals surface area contributed by atoms with E-state index in [0.29, 0.717) is 18.7 Å². The molecule has 0 aromatic heterocycles. The Labute approximate surface area is 121 Å². The van der Waals surface area contributed by atoms with Gasteiger partial charge in [-0.05, 0) is 25.8 Å². The maximum atomic E-state index is 13.3. The number of carbonyl (C=O) groups excluding carboxylic acids is 1. The summed E-state index contributed by atoms with van der Waals surface area (Å²) in [7, 11) is 0. The van der Waals surface area contributed by atoms with Crippen LogP contribution in [0.4, 0.5) is 14.5 Å². The number of nitro benzene ring substituents is 1. The second-order valence-electron chi connectivity index (χ2n) is 5.49. The Morgan fingerprint density at radius 3 is 2.19 bits per heavy atom. The van der Waals surface area contributed by atoms with E-state index in [-0.39, 0.29) is 12.0 Å². The van der Waals surface area contributed by atoms with Crippen LogP contribution in [0.1, 0.15) is 38.1 Å². The standard InChI is InChI=1S/C14H18F2N2O3/c1-8(2)7-17(9(3)4)14(19)10-5-11(15)12(16)6-13(10)18(20)21/h5-6,8-9H,7H2,1-4H3. The van der Waals surface area contributed by atoms with Gasteiger partial charge in [0.15, 0.2) is 11.6 Å². The molecule has 0 radical (unpaired) electrons. The monoisotopic (exact) mass is 300 g/mol. The molecule has 1 rings (SSSR count). The van der Waals surface area contributed by atoms with E-state index in [1.54, 1.807) is 13.8 Å². The molecule has 1 aromatic rings. The summed E-state index contributed by atoms with van der Waals surface area (Å²) in [5.74, 6) is -3.17. The van der Waals surface area contributed by atoms with Gasteiger partial charge in [-0.25, -0.2) is 8.78 Å². The van der Waals surface area contributed by atoms with Gasteiger partial charge in [-0.1, -0.05) is 13.8 Å². The molecule has 0 spiro atoms. The highest BCUT2D eigenvalue weighted by Gasteiger charge is 2.29. The SMILES string of the molecule is CC(C)CN(C(=O)c1cc(F)c(F)cc1[N+](=O)[O-])C(C)C. The molecule has 0 N–H and O–H groups in total. The highest BCUT2D eigenvalue weighted by atomic mass is 19.2. The highest BCUT2D eigenvalue weighted by Crippen LogP contribution is 2.24. The third-order valence-corrected chi connectivity index (χ3v) is 2.91. The Morgan fingerprint density at radius 1 is 1.24 bits per heavy atom. The largest absolute Gasteiger partial charge is 0.336 e. The zero-order chi connectivity index (χ0) is 16.3. The second-order valence-corrected chi connectivity index (χ2v) is 5.49. The first-order valence-electron chi connectivity index (χ1n) is 6.59. The third-order valence-electron chi connectivity index (χ3n) is 2.91. The van der Waals surface area contributed by atoms with E-state index in [2.05, 4.69) is 0 Å². The molecule has 116 valence electrons. The fourth-order valence-corrected chi connectivity index (χ4v) is 1.94. The van der Waals surface area contributed by atoms with Crippen molar-refractivity contribution in [3.63, 3.8) is 0 Å². The molecule has 0 saturated heterocycles. The van der Waals surface area contributed by atoms with E-state index >= 15 is 0 Å². The Balaban J connectivity index is 3.33. The first kappa shape index (κ1) is 17.0. The van der Waals surface area contributed by atoms with Gasteiger partial charge in [0.1, 0.15) is 5.56 Å². The molecular weight excluding hydrogens is 282 g/mol. The van der Waals surface area contributed by atoms with Crippen molar-refractivity contribution in [3.05, 3.63) is 39.4 Å². The molecule has 0 aliphatic rings. The first-order valence-corrected chi connectivity index (χ1v) is 6.59. The molecule has 21 heavy (non-hydrogen) atoms. The summed E-state index contributed by atoms with van der Waals surface area (Å²) in [4.78, 5) is 23.9. The van der Waals surface area contributed by atoms with Crippen LogP contribution in [0.5, 0.6) is 0 Å². The van der Waals surface area contributed by atoms with Crippen molar-refractivity contribution in [2.45, 2.75) is 33.7 Å². The Bertz CT molecular complexity index is 559. The number of hydrogen-bond acceptors (Lipinski definition) is 3. The van der Waals surface area contributed by atoms with Crippen LogP contribution < -0.4 is 0 Å². The Hall–Kier alpha value is -2.05. The minimum Gasteiger partial charge on any atom is -0.336 e. The first-order chi connectivity index (χ1) is 9.65. The van der Waals surface area contributed by atoms with Crippen LogP contribution in [0.2, 0.25) is 0 Å². The number of halogens is 2. The van der Waals surface area contributed by atoms with Crippen molar-refractivity contribution in [1.29, 1.82) is 0 Å². The number of benzene rings is 1. The van der Waals surface area contributed by atoms with Gasteiger partial charge >= 0.3 is 0 Å². The zero-order valence-electron chi connectivity index (χ0n) is 12.4.